The second-order valence-corrected chi connectivity index (χ2v) is 9.11. The zero-order valence-corrected chi connectivity index (χ0v) is 21.4. The van der Waals surface area contributed by atoms with E-state index in [1.807, 2.05) is 0 Å². The van der Waals surface area contributed by atoms with Crippen molar-refractivity contribution in [2.75, 3.05) is 14.2 Å². The van der Waals surface area contributed by atoms with Gasteiger partial charge in [0.15, 0.2) is 29.1 Å². The van der Waals surface area contributed by atoms with Crippen LogP contribution < -0.4 is 20.1 Å². The van der Waals surface area contributed by atoms with Gasteiger partial charge >= 0.3 is 6.09 Å². The third-order valence-corrected chi connectivity index (χ3v) is 5.12. The van der Waals surface area contributed by atoms with Gasteiger partial charge in [0.1, 0.15) is 11.6 Å². The fraction of sp³-hybridized carbons (Fsp3) is 0.346. The van der Waals surface area contributed by atoms with Gasteiger partial charge in [0.05, 0.1) is 14.2 Å². The van der Waals surface area contributed by atoms with Crippen molar-refractivity contribution in [1.82, 2.24) is 15.6 Å². The van der Waals surface area contributed by atoms with Crippen molar-refractivity contribution >= 4 is 12.0 Å². The number of nitrogens with one attached hydrogen (secondary N) is 2. The van der Waals surface area contributed by atoms with Gasteiger partial charge in [-0.2, -0.15) is 0 Å². The van der Waals surface area contributed by atoms with E-state index in [1.54, 1.807) is 39.0 Å². The molecule has 3 aromatic rings. The summed E-state index contributed by atoms with van der Waals surface area (Å²) < 4.78 is 49.9. The number of ether oxygens (including phenoxy) is 3. The van der Waals surface area contributed by atoms with E-state index >= 15 is 0 Å². The maximum Gasteiger partial charge on any atom is 0.408 e. The summed E-state index contributed by atoms with van der Waals surface area (Å²) >= 11 is 0. The van der Waals surface area contributed by atoms with Crippen molar-refractivity contribution in [2.45, 2.75) is 45.9 Å². The van der Waals surface area contributed by atoms with Crippen LogP contribution in [0.15, 0.2) is 40.8 Å². The summed E-state index contributed by atoms with van der Waals surface area (Å²) in [5, 5.41) is 5.10. The van der Waals surface area contributed by atoms with Crippen LogP contribution in [0, 0.1) is 11.6 Å². The molecule has 3 rings (SSSR count). The number of nitrogens with zero attached hydrogens (tertiary/aromatic N) is 1. The summed E-state index contributed by atoms with van der Waals surface area (Å²) in [6.07, 6.45) is -1.77. The van der Waals surface area contributed by atoms with Crippen LogP contribution in [0.4, 0.5) is 13.6 Å². The Morgan fingerprint density at radius 1 is 1.05 bits per heavy atom. The first-order chi connectivity index (χ1) is 17.4. The van der Waals surface area contributed by atoms with Crippen LogP contribution in [0.5, 0.6) is 11.5 Å². The highest BCUT2D eigenvalue weighted by Gasteiger charge is 2.29. The Bertz CT molecular complexity index is 1270. The van der Waals surface area contributed by atoms with Crippen molar-refractivity contribution in [1.29, 1.82) is 0 Å². The molecule has 2 amide bonds. The predicted molar refractivity (Wildman–Crippen MR) is 130 cm³/mol. The highest BCUT2D eigenvalue weighted by atomic mass is 19.1. The summed E-state index contributed by atoms with van der Waals surface area (Å²) in [6, 6.07) is 8.28. The van der Waals surface area contributed by atoms with E-state index in [4.69, 9.17) is 18.6 Å². The highest BCUT2D eigenvalue weighted by molar-refractivity contribution is 5.94. The summed E-state index contributed by atoms with van der Waals surface area (Å²) in [6.45, 7) is 6.42. The number of carbonyl (C=O) groups excluding carboxylic acids is 2. The number of oxazole rings is 1. The van der Waals surface area contributed by atoms with Crippen LogP contribution >= 0.6 is 0 Å². The monoisotopic (exact) mass is 517 g/mol. The molecular weight excluding hydrogens is 488 g/mol. The number of methoxy groups -OCH3 is 2. The summed E-state index contributed by atoms with van der Waals surface area (Å²) in [4.78, 5) is 29.7. The van der Waals surface area contributed by atoms with Gasteiger partial charge in [-0.05, 0) is 58.0 Å². The van der Waals surface area contributed by atoms with E-state index in [2.05, 4.69) is 15.6 Å². The van der Waals surface area contributed by atoms with Gasteiger partial charge in [0.2, 0.25) is 5.89 Å². The molecule has 0 radical (unpaired) electrons. The number of aromatic nitrogens is 1. The van der Waals surface area contributed by atoms with Crippen molar-refractivity contribution in [3.8, 4) is 23.0 Å². The minimum absolute atomic E-state index is 0.0323. The van der Waals surface area contributed by atoms with Crippen molar-refractivity contribution in [3.05, 3.63) is 65.1 Å². The topological polar surface area (TPSA) is 112 Å². The Balaban J connectivity index is 1.95. The molecule has 0 aliphatic carbocycles. The minimum atomic E-state index is -1.03. The first kappa shape index (κ1) is 27.4. The second kappa shape index (κ2) is 11.3. The molecule has 1 aromatic heterocycles. The molecule has 1 heterocycles. The molecule has 9 nitrogen and oxygen atoms in total. The van der Waals surface area contributed by atoms with Crippen LogP contribution in [0.25, 0.3) is 11.5 Å². The number of rotatable bonds is 8. The Labute approximate surface area is 213 Å². The maximum absolute atomic E-state index is 14.0. The zero-order chi connectivity index (χ0) is 27.3. The molecule has 11 heteroatoms. The molecule has 0 bridgehead atoms. The third kappa shape index (κ3) is 6.75. The van der Waals surface area contributed by atoms with E-state index in [1.165, 1.54) is 27.2 Å². The fourth-order valence-electron chi connectivity index (χ4n) is 3.37. The van der Waals surface area contributed by atoms with Crippen molar-refractivity contribution in [3.63, 3.8) is 0 Å². The zero-order valence-electron chi connectivity index (χ0n) is 21.4. The van der Waals surface area contributed by atoms with Gasteiger partial charge < -0.3 is 29.3 Å². The molecule has 0 aliphatic rings. The van der Waals surface area contributed by atoms with Crippen LogP contribution in [0.3, 0.4) is 0 Å². The number of carbonyl (C=O) groups is 2. The smallest absolute Gasteiger partial charge is 0.408 e. The lowest BCUT2D eigenvalue weighted by Gasteiger charge is -2.21. The average molecular weight is 518 g/mol. The van der Waals surface area contributed by atoms with E-state index in [-0.39, 0.29) is 22.9 Å². The number of alkyl carbamates (subject to hydrolysis) is 1. The van der Waals surface area contributed by atoms with Crippen LogP contribution in [-0.2, 0) is 11.3 Å². The predicted octanol–water partition coefficient (Wildman–Crippen LogP) is 5.15. The van der Waals surface area contributed by atoms with Gasteiger partial charge in [0.25, 0.3) is 5.91 Å². The van der Waals surface area contributed by atoms with E-state index < -0.39 is 41.8 Å². The van der Waals surface area contributed by atoms with Gasteiger partial charge in [0, 0.05) is 23.2 Å². The Hall–Kier alpha value is -4.15. The molecule has 2 N–H and O–H groups in total. The number of hydrogen-bond acceptors (Lipinski definition) is 7. The summed E-state index contributed by atoms with van der Waals surface area (Å²) in [5.41, 5.74) is -0.635. The first-order valence-corrected chi connectivity index (χ1v) is 11.4. The normalized spacial score (nSPS) is 12.0. The SMILES string of the molecule is COc1ccc(-c2nc(C(=O)NCc3c(F)cccc3F)c([C@H](C)OC(=O)NC(C)(C)C)o2)cc1OC. The lowest BCUT2D eigenvalue weighted by Crippen LogP contribution is -2.41. The molecular formula is C26H29F2N3O6. The van der Waals surface area contributed by atoms with Gasteiger partial charge in [-0.1, -0.05) is 6.07 Å². The molecule has 0 saturated heterocycles. The molecule has 0 aliphatic heterocycles. The van der Waals surface area contributed by atoms with E-state index in [9.17, 15) is 18.4 Å². The van der Waals surface area contributed by atoms with Crippen molar-refractivity contribution < 1.29 is 37.0 Å². The molecule has 37 heavy (non-hydrogen) atoms. The summed E-state index contributed by atoms with van der Waals surface area (Å²) in [7, 11) is 2.95. The standard InChI is InChI=1S/C26H29F2N3O6/c1-14(36-25(33)31-26(2,3)4)22-21(23(32)29-13-16-17(27)8-7-9-18(16)28)30-24(37-22)15-10-11-19(34-5)20(12-15)35-6/h7-12,14H,13H2,1-6H3,(H,29,32)(H,31,33)/t14-/m0/s1. The Morgan fingerprint density at radius 2 is 1.70 bits per heavy atom. The fourth-order valence-corrected chi connectivity index (χ4v) is 3.37. The van der Waals surface area contributed by atoms with Crippen molar-refractivity contribution in [2.24, 2.45) is 0 Å². The van der Waals surface area contributed by atoms with Crippen LogP contribution in [-0.4, -0.2) is 36.7 Å². The quantitative estimate of drug-likeness (QED) is 0.425. The van der Waals surface area contributed by atoms with Gasteiger partial charge in [-0.25, -0.2) is 18.6 Å². The van der Waals surface area contributed by atoms with Crippen LogP contribution in [0.2, 0.25) is 0 Å². The highest BCUT2D eigenvalue weighted by Crippen LogP contribution is 2.34. The lowest BCUT2D eigenvalue weighted by atomic mass is 10.1. The Morgan fingerprint density at radius 3 is 2.30 bits per heavy atom. The largest absolute Gasteiger partial charge is 0.493 e. The second-order valence-electron chi connectivity index (χ2n) is 9.11. The molecule has 198 valence electrons. The summed E-state index contributed by atoms with van der Waals surface area (Å²) in [5.74, 6) is -1.54. The number of hydrogen-bond donors (Lipinski definition) is 2. The Kier molecular flexibility index (Phi) is 8.36. The minimum Gasteiger partial charge on any atom is -0.493 e. The van der Waals surface area contributed by atoms with E-state index in [0.29, 0.717) is 17.1 Å². The molecule has 0 spiro atoms. The number of benzene rings is 2. The van der Waals surface area contributed by atoms with Gasteiger partial charge in [-0.15, -0.1) is 0 Å². The average Bonchev–Trinajstić information content (AvgIpc) is 3.28. The molecule has 0 fully saturated rings. The molecule has 0 unspecified atom stereocenters. The van der Waals surface area contributed by atoms with Crippen LogP contribution in [0.1, 0.15) is 55.6 Å². The van der Waals surface area contributed by atoms with E-state index in [0.717, 1.165) is 12.1 Å². The lowest BCUT2D eigenvalue weighted by molar-refractivity contribution is 0.0840. The number of halogens is 2. The molecule has 2 aromatic carbocycles. The molecule has 0 saturated carbocycles. The third-order valence-electron chi connectivity index (χ3n) is 5.12. The number of amides is 2. The molecule has 1 atom stereocenters. The first-order valence-electron chi connectivity index (χ1n) is 11.4. The maximum atomic E-state index is 14.0. The van der Waals surface area contributed by atoms with Gasteiger partial charge in [-0.3, -0.25) is 4.79 Å².